The molecule has 0 aliphatic heterocycles. The first-order valence-electron chi connectivity index (χ1n) is 7.28. The van der Waals surface area contributed by atoms with Crippen molar-refractivity contribution >= 4 is 12.0 Å². The summed E-state index contributed by atoms with van der Waals surface area (Å²) in [6.07, 6.45) is 4.46. The standard InChI is InChI=1S/C14H26N2O4/c1-11(17)6-9-16(2)13(20)15-14(10-12(18)19)7-4-3-5-8-14/h11,17H,3-10H2,1-2H3,(H,15,20)(H,18,19). The smallest absolute Gasteiger partial charge is 0.317 e. The van der Waals surface area contributed by atoms with E-state index in [4.69, 9.17) is 5.11 Å². The van der Waals surface area contributed by atoms with Crippen molar-refractivity contribution in [2.24, 2.45) is 0 Å². The van der Waals surface area contributed by atoms with Crippen LogP contribution in [0.3, 0.4) is 0 Å². The van der Waals surface area contributed by atoms with Gasteiger partial charge in [-0.2, -0.15) is 0 Å². The topological polar surface area (TPSA) is 89.9 Å². The van der Waals surface area contributed by atoms with Crippen molar-refractivity contribution in [2.75, 3.05) is 13.6 Å². The predicted octanol–water partition coefficient (Wildman–Crippen LogP) is 1.58. The highest BCUT2D eigenvalue weighted by Gasteiger charge is 2.36. The summed E-state index contributed by atoms with van der Waals surface area (Å²) in [5, 5.41) is 21.2. The molecule has 1 saturated carbocycles. The van der Waals surface area contributed by atoms with E-state index in [-0.39, 0.29) is 12.5 Å². The summed E-state index contributed by atoms with van der Waals surface area (Å²) in [4.78, 5) is 24.7. The zero-order chi connectivity index (χ0) is 15.2. The summed E-state index contributed by atoms with van der Waals surface area (Å²) < 4.78 is 0. The highest BCUT2D eigenvalue weighted by molar-refractivity contribution is 5.76. The van der Waals surface area contributed by atoms with Gasteiger partial charge in [-0.3, -0.25) is 4.79 Å². The lowest BCUT2D eigenvalue weighted by atomic mass is 9.79. The number of nitrogens with one attached hydrogen (secondary N) is 1. The molecule has 1 aliphatic rings. The number of aliphatic hydroxyl groups is 1. The van der Waals surface area contributed by atoms with Crippen LogP contribution in [0.4, 0.5) is 4.79 Å². The molecular formula is C14H26N2O4. The molecule has 0 heterocycles. The third kappa shape index (κ3) is 5.36. The largest absolute Gasteiger partial charge is 0.481 e. The van der Waals surface area contributed by atoms with Crippen LogP contribution in [0.15, 0.2) is 0 Å². The highest BCUT2D eigenvalue weighted by atomic mass is 16.4. The zero-order valence-corrected chi connectivity index (χ0v) is 12.4. The van der Waals surface area contributed by atoms with Crippen LogP contribution >= 0.6 is 0 Å². The molecule has 2 amide bonds. The lowest BCUT2D eigenvalue weighted by Crippen LogP contribution is -2.54. The molecule has 6 heteroatoms. The molecule has 1 atom stereocenters. The Hall–Kier alpha value is -1.30. The second-order valence-electron chi connectivity index (χ2n) is 5.90. The van der Waals surface area contributed by atoms with E-state index in [1.165, 1.54) is 4.90 Å². The van der Waals surface area contributed by atoms with E-state index >= 15 is 0 Å². The molecule has 0 aromatic heterocycles. The van der Waals surface area contributed by atoms with Gasteiger partial charge in [-0.25, -0.2) is 4.79 Å². The number of carboxylic acids is 1. The van der Waals surface area contributed by atoms with Crippen LogP contribution in [0.2, 0.25) is 0 Å². The van der Waals surface area contributed by atoms with Crippen LogP contribution in [0.1, 0.15) is 51.9 Å². The maximum absolute atomic E-state index is 12.2. The number of hydrogen-bond acceptors (Lipinski definition) is 3. The maximum Gasteiger partial charge on any atom is 0.317 e. The fourth-order valence-corrected chi connectivity index (χ4v) is 2.67. The summed E-state index contributed by atoms with van der Waals surface area (Å²) >= 11 is 0. The van der Waals surface area contributed by atoms with Crippen molar-refractivity contribution in [2.45, 2.75) is 63.5 Å². The molecule has 0 saturated heterocycles. The Labute approximate surface area is 120 Å². The Bertz CT molecular complexity index is 338. The van der Waals surface area contributed by atoms with Crippen LogP contribution < -0.4 is 5.32 Å². The van der Waals surface area contributed by atoms with E-state index in [1.807, 2.05) is 0 Å². The summed E-state index contributed by atoms with van der Waals surface area (Å²) in [6.45, 7) is 2.13. The molecule has 0 radical (unpaired) electrons. The highest BCUT2D eigenvalue weighted by Crippen LogP contribution is 2.31. The monoisotopic (exact) mass is 286 g/mol. The van der Waals surface area contributed by atoms with Crippen LogP contribution in [-0.4, -0.2) is 52.3 Å². The van der Waals surface area contributed by atoms with Crippen molar-refractivity contribution in [1.82, 2.24) is 10.2 Å². The normalized spacial score (nSPS) is 19.1. The minimum atomic E-state index is -0.876. The van der Waals surface area contributed by atoms with Crippen LogP contribution in [-0.2, 0) is 4.79 Å². The third-order valence-electron chi connectivity index (χ3n) is 3.90. The van der Waals surface area contributed by atoms with Crippen LogP contribution in [0.5, 0.6) is 0 Å². The molecule has 0 aromatic carbocycles. The number of carboxylic acid groups (broad SMARTS) is 1. The molecule has 116 valence electrons. The molecule has 6 nitrogen and oxygen atoms in total. The number of aliphatic carboxylic acids is 1. The molecule has 1 aliphatic carbocycles. The van der Waals surface area contributed by atoms with Crippen molar-refractivity contribution in [3.05, 3.63) is 0 Å². The maximum atomic E-state index is 12.2. The number of amides is 2. The van der Waals surface area contributed by atoms with Gasteiger partial charge in [0.1, 0.15) is 0 Å². The van der Waals surface area contributed by atoms with Gasteiger partial charge >= 0.3 is 12.0 Å². The Morgan fingerprint density at radius 2 is 1.90 bits per heavy atom. The molecule has 1 unspecified atom stereocenters. The van der Waals surface area contributed by atoms with Gasteiger partial charge in [-0.05, 0) is 26.2 Å². The van der Waals surface area contributed by atoms with E-state index in [0.717, 1.165) is 32.1 Å². The predicted molar refractivity (Wildman–Crippen MR) is 75.5 cm³/mol. The van der Waals surface area contributed by atoms with Gasteiger partial charge in [-0.15, -0.1) is 0 Å². The van der Waals surface area contributed by atoms with Gasteiger partial charge in [0.25, 0.3) is 0 Å². The SMILES string of the molecule is CC(O)CCN(C)C(=O)NC1(CC(=O)O)CCCCC1. The average molecular weight is 286 g/mol. The molecule has 0 aromatic rings. The minimum absolute atomic E-state index is 0.0248. The fourth-order valence-electron chi connectivity index (χ4n) is 2.67. The quantitative estimate of drug-likeness (QED) is 0.691. The summed E-state index contributed by atoms with van der Waals surface area (Å²) in [5.41, 5.74) is -0.611. The molecule has 3 N–H and O–H groups in total. The van der Waals surface area contributed by atoms with E-state index in [0.29, 0.717) is 13.0 Å². The van der Waals surface area contributed by atoms with Gasteiger partial charge in [0.05, 0.1) is 18.1 Å². The van der Waals surface area contributed by atoms with Crippen molar-refractivity contribution in [3.8, 4) is 0 Å². The second kappa shape index (κ2) is 7.47. The average Bonchev–Trinajstić information content (AvgIpc) is 2.35. The van der Waals surface area contributed by atoms with Gasteiger partial charge in [0.2, 0.25) is 0 Å². The first-order chi connectivity index (χ1) is 9.34. The van der Waals surface area contributed by atoms with Crippen molar-refractivity contribution in [1.29, 1.82) is 0 Å². The van der Waals surface area contributed by atoms with Crippen LogP contribution in [0, 0.1) is 0 Å². The van der Waals surface area contributed by atoms with Crippen molar-refractivity contribution < 1.29 is 19.8 Å². The Kier molecular flexibility index (Phi) is 6.26. The Morgan fingerprint density at radius 1 is 1.30 bits per heavy atom. The van der Waals surface area contributed by atoms with Crippen molar-refractivity contribution in [3.63, 3.8) is 0 Å². The fraction of sp³-hybridized carbons (Fsp3) is 0.857. The number of nitrogens with zero attached hydrogens (tertiary/aromatic N) is 1. The van der Waals surface area contributed by atoms with Gasteiger partial charge < -0.3 is 20.4 Å². The van der Waals surface area contributed by atoms with E-state index in [1.54, 1.807) is 14.0 Å². The number of aliphatic hydroxyl groups excluding tert-OH is 1. The molecule has 0 bridgehead atoms. The lowest BCUT2D eigenvalue weighted by molar-refractivity contribution is -0.139. The van der Waals surface area contributed by atoms with Gasteiger partial charge in [0, 0.05) is 13.6 Å². The summed E-state index contributed by atoms with van der Waals surface area (Å²) in [7, 11) is 1.66. The van der Waals surface area contributed by atoms with Gasteiger partial charge in [-0.1, -0.05) is 19.3 Å². The number of carbonyl (C=O) groups is 2. The number of urea groups is 1. The second-order valence-corrected chi connectivity index (χ2v) is 5.90. The molecule has 1 fully saturated rings. The zero-order valence-electron chi connectivity index (χ0n) is 12.4. The molecule has 20 heavy (non-hydrogen) atoms. The van der Waals surface area contributed by atoms with Crippen LogP contribution in [0.25, 0.3) is 0 Å². The van der Waals surface area contributed by atoms with E-state index in [2.05, 4.69) is 5.32 Å². The first kappa shape index (κ1) is 16.8. The lowest BCUT2D eigenvalue weighted by Gasteiger charge is -2.38. The number of rotatable bonds is 6. The number of carbonyl (C=O) groups excluding carboxylic acids is 1. The van der Waals surface area contributed by atoms with E-state index < -0.39 is 17.6 Å². The third-order valence-corrected chi connectivity index (χ3v) is 3.90. The molecular weight excluding hydrogens is 260 g/mol. The number of hydrogen-bond donors (Lipinski definition) is 3. The molecule has 0 spiro atoms. The first-order valence-corrected chi connectivity index (χ1v) is 7.28. The Morgan fingerprint density at radius 3 is 2.40 bits per heavy atom. The van der Waals surface area contributed by atoms with E-state index in [9.17, 15) is 14.7 Å². The summed E-state index contributed by atoms with van der Waals surface area (Å²) in [5.74, 6) is -0.876. The minimum Gasteiger partial charge on any atom is -0.481 e. The summed E-state index contributed by atoms with van der Waals surface area (Å²) in [6, 6.07) is -0.256. The Balaban J connectivity index is 2.59. The van der Waals surface area contributed by atoms with Gasteiger partial charge in [0.15, 0.2) is 0 Å². The molecule has 1 rings (SSSR count).